The third-order valence-electron chi connectivity index (χ3n) is 3.62. The molecule has 1 saturated carbocycles. The number of amides is 2. The highest BCUT2D eigenvalue weighted by Gasteiger charge is 2.29. The van der Waals surface area contributed by atoms with Gasteiger partial charge in [-0.05, 0) is 32.9 Å². The molecule has 21 heavy (non-hydrogen) atoms. The number of carboxylic acids is 1. The third-order valence-corrected chi connectivity index (χ3v) is 3.62. The van der Waals surface area contributed by atoms with Crippen LogP contribution in [0.5, 0.6) is 0 Å². The highest BCUT2D eigenvalue weighted by molar-refractivity contribution is 5.92. The molecular weight excluding hydrogens is 272 g/mol. The van der Waals surface area contributed by atoms with E-state index in [4.69, 9.17) is 5.11 Å². The number of aromatic carboxylic acids is 1. The third kappa shape index (κ3) is 4.42. The number of likely N-dealkylation sites (N-methyl/N-ethyl adjacent to an activating group) is 1. The molecule has 0 spiro atoms. The molecule has 1 aromatic rings. The first-order valence-corrected chi connectivity index (χ1v) is 6.92. The van der Waals surface area contributed by atoms with E-state index in [1.54, 1.807) is 0 Å². The summed E-state index contributed by atoms with van der Waals surface area (Å²) in [6, 6.07) is 1.90. The van der Waals surface area contributed by atoms with Gasteiger partial charge in [-0.25, -0.2) is 9.59 Å². The van der Waals surface area contributed by atoms with Crippen LogP contribution in [0.4, 0.5) is 10.5 Å². The molecule has 2 amide bonds. The number of carboxylic acid groups (broad SMARTS) is 1. The Kier molecular flexibility index (Phi) is 4.74. The van der Waals surface area contributed by atoms with Crippen LogP contribution in [0, 0.1) is 0 Å². The molecular formula is C14H20N4O3. The predicted molar refractivity (Wildman–Crippen MR) is 78.5 cm³/mol. The van der Waals surface area contributed by atoms with E-state index in [1.807, 2.05) is 0 Å². The topological polar surface area (TPSA) is 94.6 Å². The molecule has 1 aliphatic rings. The lowest BCUT2D eigenvalue weighted by Gasteiger charge is -2.24. The molecule has 0 aromatic carbocycles. The van der Waals surface area contributed by atoms with Crippen LogP contribution in [-0.4, -0.2) is 52.7 Å². The number of pyridine rings is 1. The van der Waals surface area contributed by atoms with Gasteiger partial charge in [-0.15, -0.1) is 0 Å². The van der Waals surface area contributed by atoms with Crippen LogP contribution in [0.25, 0.3) is 0 Å². The summed E-state index contributed by atoms with van der Waals surface area (Å²) in [6.45, 7) is 2.59. The summed E-state index contributed by atoms with van der Waals surface area (Å²) in [5.74, 6) is -1.08. The second-order valence-corrected chi connectivity index (χ2v) is 5.35. The molecule has 1 heterocycles. The van der Waals surface area contributed by atoms with E-state index >= 15 is 0 Å². The fourth-order valence-electron chi connectivity index (χ4n) is 2.03. The predicted octanol–water partition coefficient (Wildman–Crippen LogP) is 1.38. The number of urea groups is 1. The van der Waals surface area contributed by atoms with Gasteiger partial charge in [-0.1, -0.05) is 0 Å². The van der Waals surface area contributed by atoms with Gasteiger partial charge in [-0.3, -0.25) is 9.88 Å². The van der Waals surface area contributed by atoms with Gasteiger partial charge in [0.2, 0.25) is 0 Å². The lowest BCUT2D eigenvalue weighted by molar-refractivity contribution is 0.0696. The molecule has 1 unspecified atom stereocenters. The Morgan fingerprint density at radius 3 is 2.81 bits per heavy atom. The molecule has 2 rings (SSSR count). The number of rotatable bonds is 6. The SMILES string of the molecule is CC(CNC(=O)Nc1cncc(C(=O)O)c1)N(C)C1CC1. The largest absolute Gasteiger partial charge is 0.478 e. The van der Waals surface area contributed by atoms with Crippen LogP contribution >= 0.6 is 0 Å². The number of carbonyl (C=O) groups is 2. The van der Waals surface area contributed by atoms with Gasteiger partial charge >= 0.3 is 12.0 Å². The summed E-state index contributed by atoms with van der Waals surface area (Å²) in [4.78, 5) is 28.7. The second-order valence-electron chi connectivity index (χ2n) is 5.35. The van der Waals surface area contributed by atoms with E-state index in [2.05, 4.69) is 34.5 Å². The number of hydrogen-bond acceptors (Lipinski definition) is 4. The molecule has 114 valence electrons. The van der Waals surface area contributed by atoms with Crippen molar-refractivity contribution in [1.82, 2.24) is 15.2 Å². The van der Waals surface area contributed by atoms with Crippen LogP contribution in [-0.2, 0) is 0 Å². The molecule has 0 radical (unpaired) electrons. The zero-order valence-electron chi connectivity index (χ0n) is 12.2. The summed E-state index contributed by atoms with van der Waals surface area (Å²) in [5, 5.41) is 14.2. The zero-order chi connectivity index (χ0) is 15.4. The van der Waals surface area contributed by atoms with Crippen molar-refractivity contribution in [1.29, 1.82) is 0 Å². The van der Waals surface area contributed by atoms with Gasteiger partial charge in [0, 0.05) is 24.8 Å². The first-order chi connectivity index (χ1) is 9.97. The normalized spacial score (nSPS) is 15.6. The van der Waals surface area contributed by atoms with Crippen LogP contribution < -0.4 is 10.6 Å². The van der Waals surface area contributed by atoms with E-state index in [0.29, 0.717) is 18.3 Å². The number of anilines is 1. The number of aromatic nitrogens is 1. The first-order valence-electron chi connectivity index (χ1n) is 6.92. The molecule has 1 aliphatic carbocycles. The Hall–Kier alpha value is -2.15. The smallest absolute Gasteiger partial charge is 0.337 e. The average molecular weight is 292 g/mol. The molecule has 0 saturated heterocycles. The Balaban J connectivity index is 1.81. The maximum Gasteiger partial charge on any atom is 0.337 e. The van der Waals surface area contributed by atoms with Gasteiger partial charge < -0.3 is 15.7 Å². The lowest BCUT2D eigenvalue weighted by Crippen LogP contribution is -2.42. The summed E-state index contributed by atoms with van der Waals surface area (Å²) in [5.41, 5.74) is 0.394. The fourth-order valence-corrected chi connectivity index (χ4v) is 2.03. The van der Waals surface area contributed by atoms with Crippen molar-refractivity contribution >= 4 is 17.7 Å². The van der Waals surface area contributed by atoms with Gasteiger partial charge in [0.05, 0.1) is 17.4 Å². The zero-order valence-corrected chi connectivity index (χ0v) is 12.2. The van der Waals surface area contributed by atoms with Gasteiger partial charge in [0.1, 0.15) is 0 Å². The maximum atomic E-state index is 11.8. The molecule has 0 aliphatic heterocycles. The van der Waals surface area contributed by atoms with Crippen molar-refractivity contribution in [3.63, 3.8) is 0 Å². The minimum Gasteiger partial charge on any atom is -0.478 e. The van der Waals surface area contributed by atoms with Gasteiger partial charge in [-0.2, -0.15) is 0 Å². The monoisotopic (exact) mass is 292 g/mol. The highest BCUT2D eigenvalue weighted by Crippen LogP contribution is 2.26. The van der Waals surface area contributed by atoms with Crippen molar-refractivity contribution in [2.75, 3.05) is 18.9 Å². The quantitative estimate of drug-likeness (QED) is 0.736. The number of nitrogens with zero attached hydrogens (tertiary/aromatic N) is 2. The molecule has 7 heteroatoms. The molecule has 1 aromatic heterocycles. The molecule has 0 bridgehead atoms. The van der Waals surface area contributed by atoms with E-state index in [-0.39, 0.29) is 17.6 Å². The molecule has 1 fully saturated rings. The minimum absolute atomic E-state index is 0.0367. The van der Waals surface area contributed by atoms with Crippen molar-refractivity contribution < 1.29 is 14.7 Å². The Morgan fingerprint density at radius 1 is 1.48 bits per heavy atom. The van der Waals surface area contributed by atoms with E-state index in [9.17, 15) is 9.59 Å². The van der Waals surface area contributed by atoms with Crippen LogP contribution in [0.15, 0.2) is 18.5 Å². The van der Waals surface area contributed by atoms with Crippen LogP contribution in [0.2, 0.25) is 0 Å². The maximum absolute atomic E-state index is 11.8. The molecule has 1 atom stereocenters. The summed E-state index contributed by atoms with van der Waals surface area (Å²) in [7, 11) is 2.06. The molecule has 3 N–H and O–H groups in total. The van der Waals surface area contributed by atoms with E-state index in [1.165, 1.54) is 31.3 Å². The van der Waals surface area contributed by atoms with Crippen molar-refractivity contribution in [2.24, 2.45) is 0 Å². The van der Waals surface area contributed by atoms with E-state index in [0.717, 1.165) is 0 Å². The van der Waals surface area contributed by atoms with Crippen molar-refractivity contribution in [3.8, 4) is 0 Å². The minimum atomic E-state index is -1.08. The Bertz CT molecular complexity index is 531. The van der Waals surface area contributed by atoms with Crippen molar-refractivity contribution in [2.45, 2.75) is 31.8 Å². The average Bonchev–Trinajstić information content (AvgIpc) is 3.28. The van der Waals surface area contributed by atoms with Crippen LogP contribution in [0.3, 0.4) is 0 Å². The number of hydrogen-bond donors (Lipinski definition) is 3. The number of carbonyl (C=O) groups excluding carboxylic acids is 1. The first kappa shape index (κ1) is 15.2. The fraction of sp³-hybridized carbons (Fsp3) is 0.500. The summed E-state index contributed by atoms with van der Waals surface area (Å²) >= 11 is 0. The second kappa shape index (κ2) is 6.53. The van der Waals surface area contributed by atoms with E-state index < -0.39 is 5.97 Å². The highest BCUT2D eigenvalue weighted by atomic mass is 16.4. The summed E-state index contributed by atoms with van der Waals surface area (Å²) < 4.78 is 0. The van der Waals surface area contributed by atoms with Gasteiger partial charge in [0.25, 0.3) is 0 Å². The Labute approximate surface area is 123 Å². The molecule has 7 nitrogen and oxygen atoms in total. The lowest BCUT2D eigenvalue weighted by atomic mass is 10.2. The number of nitrogens with one attached hydrogen (secondary N) is 2. The van der Waals surface area contributed by atoms with Crippen LogP contribution in [0.1, 0.15) is 30.1 Å². The van der Waals surface area contributed by atoms with Gasteiger partial charge in [0.15, 0.2) is 0 Å². The Morgan fingerprint density at radius 2 is 2.19 bits per heavy atom. The summed E-state index contributed by atoms with van der Waals surface area (Å²) in [6.07, 6.45) is 5.09. The van der Waals surface area contributed by atoms with Crippen molar-refractivity contribution in [3.05, 3.63) is 24.0 Å². The standard InChI is InChI=1S/C14H20N4O3/c1-9(18(2)12-3-4-12)6-16-14(21)17-11-5-10(13(19)20)7-15-8-11/h5,7-9,12H,3-4,6H2,1-2H3,(H,19,20)(H2,16,17,21).